The van der Waals surface area contributed by atoms with Crippen molar-refractivity contribution in [3.8, 4) is 11.1 Å². The number of hydrogen-bond donors (Lipinski definition) is 2. The third kappa shape index (κ3) is 4.51. The number of amides is 2. The SMILES string of the molecule is Cc1cc(C(C(=O)N2C[C@H](O)C[C@@H]2C2=NC(=O)C(C)(c3ccc(-c4cccnc4C)cc3)N2)C(C)C)on1. The van der Waals surface area contributed by atoms with Crippen LogP contribution in [0.2, 0.25) is 0 Å². The number of β-amino-alcohol motifs (C(OH)–C–C–N with tert-alkyl or cyclic N) is 1. The van der Waals surface area contributed by atoms with Crippen LogP contribution in [-0.2, 0) is 15.1 Å². The summed E-state index contributed by atoms with van der Waals surface area (Å²) in [7, 11) is 0. The van der Waals surface area contributed by atoms with Gasteiger partial charge in [-0.25, -0.2) is 0 Å². The molecule has 3 aromatic rings. The molecule has 1 fully saturated rings. The van der Waals surface area contributed by atoms with E-state index in [9.17, 15) is 14.7 Å². The van der Waals surface area contributed by atoms with E-state index in [1.165, 1.54) is 0 Å². The van der Waals surface area contributed by atoms with Gasteiger partial charge in [-0.15, -0.1) is 0 Å². The van der Waals surface area contributed by atoms with Gasteiger partial charge in [0.2, 0.25) is 5.91 Å². The summed E-state index contributed by atoms with van der Waals surface area (Å²) in [6.45, 7) is 9.62. The van der Waals surface area contributed by atoms with Crippen LogP contribution in [0.4, 0.5) is 0 Å². The lowest BCUT2D eigenvalue weighted by atomic mass is 9.90. The van der Waals surface area contributed by atoms with Crippen LogP contribution >= 0.6 is 0 Å². The second-order valence-electron chi connectivity index (χ2n) is 10.8. The van der Waals surface area contributed by atoms with Gasteiger partial charge in [-0.05, 0) is 43.9 Å². The van der Waals surface area contributed by atoms with Gasteiger partial charge in [0.05, 0.1) is 17.8 Å². The number of aryl methyl sites for hydroxylation is 2. The average molecular weight is 516 g/mol. The van der Waals surface area contributed by atoms with Gasteiger partial charge in [0, 0.05) is 36.5 Å². The Hall–Kier alpha value is -3.85. The highest BCUT2D eigenvalue weighted by Crippen LogP contribution is 2.34. The summed E-state index contributed by atoms with van der Waals surface area (Å²) >= 11 is 0. The molecule has 38 heavy (non-hydrogen) atoms. The van der Waals surface area contributed by atoms with Crippen LogP contribution in [0, 0.1) is 19.8 Å². The maximum atomic E-state index is 13.8. The molecule has 2 N–H and O–H groups in total. The molecule has 2 amide bonds. The summed E-state index contributed by atoms with van der Waals surface area (Å²) in [6.07, 6.45) is 1.33. The van der Waals surface area contributed by atoms with Crippen LogP contribution in [0.15, 0.2) is 58.2 Å². The zero-order valence-electron chi connectivity index (χ0n) is 22.3. The summed E-state index contributed by atoms with van der Waals surface area (Å²) in [6, 6.07) is 12.9. The second kappa shape index (κ2) is 9.79. The van der Waals surface area contributed by atoms with Crippen molar-refractivity contribution in [1.82, 2.24) is 20.4 Å². The first-order valence-electron chi connectivity index (χ1n) is 12.9. The van der Waals surface area contributed by atoms with Crippen molar-refractivity contribution in [1.29, 1.82) is 0 Å². The first-order valence-corrected chi connectivity index (χ1v) is 12.9. The summed E-state index contributed by atoms with van der Waals surface area (Å²) in [5, 5.41) is 17.8. The number of pyridine rings is 1. The fraction of sp³-hybridized carbons (Fsp3) is 0.414. The van der Waals surface area contributed by atoms with Gasteiger partial charge in [0.15, 0.2) is 0 Å². The van der Waals surface area contributed by atoms with Crippen molar-refractivity contribution in [2.24, 2.45) is 10.9 Å². The minimum atomic E-state index is -1.08. The standard InChI is InChI=1S/C29H33N5O4/c1-16(2)25(24-13-17(3)33-38-24)27(36)34-15-21(35)14-23(34)26-31-28(37)29(5,32-26)20-10-8-19(9-11-20)22-7-6-12-30-18(22)4/h6-13,16,21,23,25,35H,14-15H2,1-5H3,(H,31,32,37)/t21-,23-,25?,29?/m1/s1. The van der Waals surface area contributed by atoms with Gasteiger partial charge in [0.25, 0.3) is 5.91 Å². The number of hydrogen-bond acceptors (Lipinski definition) is 7. The summed E-state index contributed by atoms with van der Waals surface area (Å²) in [5.41, 5.74) is 3.34. The number of aliphatic hydroxyl groups excluding tert-OH is 1. The van der Waals surface area contributed by atoms with Crippen LogP contribution in [0.5, 0.6) is 0 Å². The highest BCUT2D eigenvalue weighted by atomic mass is 16.5. The monoisotopic (exact) mass is 515 g/mol. The lowest BCUT2D eigenvalue weighted by Crippen LogP contribution is -2.51. The van der Waals surface area contributed by atoms with Gasteiger partial charge < -0.3 is 19.8 Å². The van der Waals surface area contributed by atoms with Gasteiger partial charge in [-0.1, -0.05) is 49.3 Å². The Balaban J connectivity index is 1.39. The first-order chi connectivity index (χ1) is 18.1. The van der Waals surface area contributed by atoms with Crippen molar-refractivity contribution in [2.45, 2.75) is 64.6 Å². The lowest BCUT2D eigenvalue weighted by molar-refractivity contribution is -0.134. The molecule has 2 aromatic heterocycles. The molecule has 2 unspecified atom stereocenters. The number of aliphatic imine (C=N–C) groups is 1. The van der Waals surface area contributed by atoms with Crippen molar-refractivity contribution in [3.05, 3.63) is 71.4 Å². The number of nitrogens with one attached hydrogen (secondary N) is 1. The number of nitrogens with zero attached hydrogens (tertiary/aromatic N) is 4. The molecule has 2 aliphatic rings. The zero-order chi connectivity index (χ0) is 27.2. The second-order valence-corrected chi connectivity index (χ2v) is 10.8. The molecule has 5 rings (SSSR count). The van der Waals surface area contributed by atoms with E-state index in [-0.39, 0.29) is 24.3 Å². The van der Waals surface area contributed by atoms with Gasteiger partial charge in [0.1, 0.15) is 23.1 Å². The number of carbonyl (C=O) groups is 2. The molecule has 198 valence electrons. The predicted molar refractivity (Wildman–Crippen MR) is 142 cm³/mol. The van der Waals surface area contributed by atoms with Crippen molar-refractivity contribution in [2.75, 3.05) is 6.54 Å². The van der Waals surface area contributed by atoms with E-state index >= 15 is 0 Å². The normalized spacial score (nSPS) is 24.0. The molecule has 0 aliphatic carbocycles. The van der Waals surface area contributed by atoms with E-state index in [2.05, 4.69) is 20.4 Å². The molecule has 0 spiro atoms. The Morgan fingerprint density at radius 3 is 2.58 bits per heavy atom. The van der Waals surface area contributed by atoms with Crippen LogP contribution in [0.1, 0.15) is 55.8 Å². The summed E-state index contributed by atoms with van der Waals surface area (Å²) < 4.78 is 5.45. The Kier molecular flexibility index (Phi) is 6.65. The molecule has 1 saturated heterocycles. The fourth-order valence-electron chi connectivity index (χ4n) is 5.45. The highest BCUT2D eigenvalue weighted by molar-refractivity contribution is 6.09. The van der Waals surface area contributed by atoms with E-state index < -0.39 is 23.6 Å². The van der Waals surface area contributed by atoms with Crippen LogP contribution in [-0.4, -0.2) is 56.5 Å². The Morgan fingerprint density at radius 2 is 1.95 bits per heavy atom. The van der Waals surface area contributed by atoms with E-state index in [0.717, 1.165) is 22.4 Å². The number of amidine groups is 1. The number of aliphatic hydroxyl groups is 1. The van der Waals surface area contributed by atoms with Crippen LogP contribution in [0.3, 0.4) is 0 Å². The molecule has 1 aromatic carbocycles. The first kappa shape index (κ1) is 25.8. The Labute approximate surface area is 222 Å². The molecule has 0 radical (unpaired) electrons. The number of benzene rings is 1. The van der Waals surface area contributed by atoms with Crippen LogP contribution < -0.4 is 5.32 Å². The number of carbonyl (C=O) groups excluding carboxylic acids is 2. The van der Waals surface area contributed by atoms with E-state index in [0.29, 0.717) is 23.7 Å². The average Bonchev–Trinajstić information content (AvgIpc) is 3.57. The lowest BCUT2D eigenvalue weighted by Gasteiger charge is -2.31. The smallest absolute Gasteiger partial charge is 0.277 e. The quantitative estimate of drug-likeness (QED) is 0.515. The van der Waals surface area contributed by atoms with Crippen LogP contribution in [0.25, 0.3) is 11.1 Å². The van der Waals surface area contributed by atoms with E-state index in [4.69, 9.17) is 4.52 Å². The third-order valence-electron chi connectivity index (χ3n) is 7.57. The molecule has 0 bridgehead atoms. The minimum absolute atomic E-state index is 0.0550. The Bertz CT molecular complexity index is 1400. The predicted octanol–water partition coefficient (Wildman–Crippen LogP) is 3.50. The minimum Gasteiger partial charge on any atom is -0.391 e. The topological polar surface area (TPSA) is 121 Å². The number of rotatable bonds is 6. The number of likely N-dealkylation sites (tertiary alicyclic amines) is 1. The highest BCUT2D eigenvalue weighted by Gasteiger charge is 2.48. The summed E-state index contributed by atoms with van der Waals surface area (Å²) in [4.78, 5) is 37.4. The third-order valence-corrected chi connectivity index (χ3v) is 7.57. The maximum absolute atomic E-state index is 13.8. The van der Waals surface area contributed by atoms with Gasteiger partial charge >= 0.3 is 0 Å². The molecule has 9 nitrogen and oxygen atoms in total. The summed E-state index contributed by atoms with van der Waals surface area (Å²) in [5.74, 6) is -0.242. The maximum Gasteiger partial charge on any atom is 0.277 e. The molecule has 4 atom stereocenters. The fourth-order valence-corrected chi connectivity index (χ4v) is 5.45. The van der Waals surface area contributed by atoms with Crippen molar-refractivity contribution >= 4 is 17.6 Å². The largest absolute Gasteiger partial charge is 0.391 e. The van der Waals surface area contributed by atoms with Crippen molar-refractivity contribution in [3.63, 3.8) is 0 Å². The zero-order valence-corrected chi connectivity index (χ0v) is 22.3. The molecule has 4 heterocycles. The van der Waals surface area contributed by atoms with Gasteiger partial charge in [-0.3, -0.25) is 14.6 Å². The molecular weight excluding hydrogens is 482 g/mol. The van der Waals surface area contributed by atoms with E-state index in [1.807, 2.05) is 64.1 Å². The van der Waals surface area contributed by atoms with Gasteiger partial charge in [-0.2, -0.15) is 4.99 Å². The number of aromatic nitrogens is 2. The van der Waals surface area contributed by atoms with E-state index in [1.54, 1.807) is 24.1 Å². The molecule has 9 heteroatoms. The van der Waals surface area contributed by atoms with Crippen molar-refractivity contribution < 1.29 is 19.2 Å². The Morgan fingerprint density at radius 1 is 1.21 bits per heavy atom. The molecule has 2 aliphatic heterocycles. The molecule has 0 saturated carbocycles. The molecular formula is C29H33N5O4.